The first kappa shape index (κ1) is 10.2. The molecule has 0 radical (unpaired) electrons. The van der Waals surface area contributed by atoms with Gasteiger partial charge in [0.05, 0.1) is 6.26 Å². The number of carbonyl (C=O) groups is 1. The van der Waals surface area contributed by atoms with Gasteiger partial charge in [-0.15, -0.1) is 0 Å². The molecule has 66 valence electrons. The molecule has 0 bridgehead atoms. The third kappa shape index (κ3) is 3.22. The standard InChI is InChI=1S/C5H12N2O3S/c1-4-6-5(8)7(2)11(3,9)10/h4H2,1-3H3,(H,6,8). The highest BCUT2D eigenvalue weighted by Crippen LogP contribution is 1.92. The van der Waals surface area contributed by atoms with Crippen molar-refractivity contribution in [3.05, 3.63) is 0 Å². The van der Waals surface area contributed by atoms with E-state index < -0.39 is 16.1 Å². The number of hydrogen-bond acceptors (Lipinski definition) is 3. The Bertz CT molecular complexity index is 234. The molecule has 0 unspecified atom stereocenters. The summed E-state index contributed by atoms with van der Waals surface area (Å²) in [7, 11) is -2.19. The molecule has 0 saturated carbocycles. The minimum Gasteiger partial charge on any atom is -0.337 e. The molecule has 0 saturated heterocycles. The van der Waals surface area contributed by atoms with Gasteiger partial charge in [0.15, 0.2) is 0 Å². The summed E-state index contributed by atoms with van der Waals surface area (Å²) in [4.78, 5) is 10.8. The Kier molecular flexibility index (Phi) is 3.31. The van der Waals surface area contributed by atoms with Gasteiger partial charge >= 0.3 is 6.03 Å². The molecule has 0 spiro atoms. The molecule has 0 aliphatic rings. The van der Waals surface area contributed by atoms with Crippen LogP contribution >= 0.6 is 0 Å². The number of nitrogens with one attached hydrogen (secondary N) is 1. The molecule has 0 aromatic carbocycles. The molecule has 0 aromatic rings. The number of hydrogen-bond donors (Lipinski definition) is 1. The van der Waals surface area contributed by atoms with Crippen molar-refractivity contribution in [1.29, 1.82) is 0 Å². The average Bonchev–Trinajstić information content (AvgIpc) is 1.85. The van der Waals surface area contributed by atoms with Crippen molar-refractivity contribution in [2.24, 2.45) is 0 Å². The number of urea groups is 1. The third-order valence-corrected chi connectivity index (χ3v) is 2.27. The van der Waals surface area contributed by atoms with Gasteiger partial charge in [-0.05, 0) is 6.92 Å². The van der Waals surface area contributed by atoms with E-state index >= 15 is 0 Å². The van der Waals surface area contributed by atoms with Gasteiger partial charge < -0.3 is 5.32 Å². The molecule has 1 N–H and O–H groups in total. The molecule has 5 nitrogen and oxygen atoms in total. The fraction of sp³-hybridized carbons (Fsp3) is 0.800. The smallest absolute Gasteiger partial charge is 0.330 e. The molecular formula is C5H12N2O3S. The topological polar surface area (TPSA) is 66.5 Å². The Balaban J connectivity index is 4.27. The van der Waals surface area contributed by atoms with E-state index in [9.17, 15) is 13.2 Å². The molecule has 0 aliphatic heterocycles. The molecular weight excluding hydrogens is 168 g/mol. The molecule has 0 atom stereocenters. The van der Waals surface area contributed by atoms with Crippen LogP contribution in [0.4, 0.5) is 4.79 Å². The summed E-state index contributed by atoms with van der Waals surface area (Å²) in [5.41, 5.74) is 0. The lowest BCUT2D eigenvalue weighted by atomic mass is 10.7. The van der Waals surface area contributed by atoms with Gasteiger partial charge in [0, 0.05) is 13.6 Å². The summed E-state index contributed by atoms with van der Waals surface area (Å²) < 4.78 is 22.1. The van der Waals surface area contributed by atoms with Crippen LogP contribution in [-0.4, -0.2) is 38.6 Å². The van der Waals surface area contributed by atoms with Crippen molar-refractivity contribution in [2.45, 2.75) is 6.92 Å². The molecule has 0 rings (SSSR count). The summed E-state index contributed by atoms with van der Waals surface area (Å²) in [6.07, 6.45) is 0.974. The summed E-state index contributed by atoms with van der Waals surface area (Å²) in [6, 6.07) is -0.602. The van der Waals surface area contributed by atoms with Crippen molar-refractivity contribution in [3.8, 4) is 0 Å². The van der Waals surface area contributed by atoms with Crippen LogP contribution in [0.1, 0.15) is 6.92 Å². The fourth-order valence-corrected chi connectivity index (χ4v) is 0.779. The first-order valence-corrected chi connectivity index (χ1v) is 4.96. The van der Waals surface area contributed by atoms with Crippen molar-refractivity contribution >= 4 is 16.1 Å². The van der Waals surface area contributed by atoms with E-state index in [1.807, 2.05) is 0 Å². The van der Waals surface area contributed by atoms with Gasteiger partial charge in [-0.25, -0.2) is 17.5 Å². The van der Waals surface area contributed by atoms with Crippen LogP contribution in [0.3, 0.4) is 0 Å². The summed E-state index contributed by atoms with van der Waals surface area (Å²) >= 11 is 0. The average molecular weight is 180 g/mol. The highest BCUT2D eigenvalue weighted by molar-refractivity contribution is 7.88. The maximum Gasteiger partial charge on any atom is 0.330 e. The van der Waals surface area contributed by atoms with Crippen LogP contribution in [0.15, 0.2) is 0 Å². The zero-order chi connectivity index (χ0) is 9.07. The van der Waals surface area contributed by atoms with Crippen LogP contribution in [-0.2, 0) is 10.0 Å². The Labute approximate surface area is 66.4 Å². The lowest BCUT2D eigenvalue weighted by molar-refractivity contribution is 0.229. The zero-order valence-corrected chi connectivity index (χ0v) is 7.60. The van der Waals surface area contributed by atoms with Crippen LogP contribution in [0.5, 0.6) is 0 Å². The summed E-state index contributed by atoms with van der Waals surface area (Å²) in [6.45, 7) is 2.13. The number of nitrogens with zero attached hydrogens (tertiary/aromatic N) is 1. The van der Waals surface area contributed by atoms with Crippen LogP contribution in [0, 0.1) is 0 Å². The fourth-order valence-electron chi connectivity index (χ4n) is 0.413. The zero-order valence-electron chi connectivity index (χ0n) is 6.79. The summed E-state index contributed by atoms with van der Waals surface area (Å²) in [5.74, 6) is 0. The molecule has 0 aromatic heterocycles. The summed E-state index contributed by atoms with van der Waals surface area (Å²) in [5, 5.41) is 2.36. The molecule has 0 aliphatic carbocycles. The van der Waals surface area contributed by atoms with E-state index in [1.165, 1.54) is 7.05 Å². The van der Waals surface area contributed by atoms with E-state index in [4.69, 9.17) is 0 Å². The molecule has 11 heavy (non-hydrogen) atoms. The van der Waals surface area contributed by atoms with Crippen LogP contribution < -0.4 is 5.32 Å². The van der Waals surface area contributed by atoms with Crippen LogP contribution in [0.2, 0.25) is 0 Å². The quantitative estimate of drug-likeness (QED) is 0.629. The largest absolute Gasteiger partial charge is 0.337 e. The van der Waals surface area contributed by atoms with Gasteiger partial charge in [0.2, 0.25) is 10.0 Å². The van der Waals surface area contributed by atoms with Crippen LogP contribution in [0.25, 0.3) is 0 Å². The molecule has 2 amide bonds. The van der Waals surface area contributed by atoms with Crippen molar-refractivity contribution < 1.29 is 13.2 Å². The van der Waals surface area contributed by atoms with E-state index in [2.05, 4.69) is 5.32 Å². The Hall–Kier alpha value is -0.780. The normalized spacial score (nSPS) is 10.8. The Morgan fingerprint density at radius 2 is 2.00 bits per heavy atom. The first-order valence-electron chi connectivity index (χ1n) is 3.11. The number of amides is 2. The maximum absolute atomic E-state index is 10.8. The van der Waals surface area contributed by atoms with Gasteiger partial charge in [-0.2, -0.15) is 0 Å². The van der Waals surface area contributed by atoms with E-state index in [-0.39, 0.29) is 0 Å². The van der Waals surface area contributed by atoms with Gasteiger partial charge in [-0.3, -0.25) is 0 Å². The van der Waals surface area contributed by atoms with Crippen molar-refractivity contribution in [2.75, 3.05) is 19.8 Å². The predicted octanol–water partition coefficient (Wildman–Crippen LogP) is -0.393. The molecule has 0 fully saturated rings. The minimum absolute atomic E-state index is 0.415. The predicted molar refractivity (Wildman–Crippen MR) is 41.7 cm³/mol. The highest BCUT2D eigenvalue weighted by Gasteiger charge is 2.16. The third-order valence-electron chi connectivity index (χ3n) is 1.11. The van der Waals surface area contributed by atoms with E-state index in [0.717, 1.165) is 6.26 Å². The van der Waals surface area contributed by atoms with Gasteiger partial charge in [0.25, 0.3) is 0 Å². The molecule has 6 heteroatoms. The highest BCUT2D eigenvalue weighted by atomic mass is 32.2. The second-order valence-corrected chi connectivity index (χ2v) is 4.08. The van der Waals surface area contributed by atoms with E-state index in [0.29, 0.717) is 10.8 Å². The maximum atomic E-state index is 10.8. The SMILES string of the molecule is CCNC(=O)N(C)S(C)(=O)=O. The number of carbonyl (C=O) groups excluding carboxylic acids is 1. The van der Waals surface area contributed by atoms with Gasteiger partial charge in [0.1, 0.15) is 0 Å². The van der Waals surface area contributed by atoms with Crippen molar-refractivity contribution in [1.82, 2.24) is 9.62 Å². The lowest BCUT2D eigenvalue weighted by Gasteiger charge is -2.13. The van der Waals surface area contributed by atoms with Crippen molar-refractivity contribution in [3.63, 3.8) is 0 Å². The lowest BCUT2D eigenvalue weighted by Crippen LogP contribution is -2.40. The Morgan fingerprint density at radius 1 is 1.55 bits per heavy atom. The number of sulfonamides is 1. The van der Waals surface area contributed by atoms with Gasteiger partial charge in [-0.1, -0.05) is 0 Å². The second-order valence-electron chi connectivity index (χ2n) is 2.07. The van der Waals surface area contributed by atoms with E-state index in [1.54, 1.807) is 6.92 Å². The molecule has 0 heterocycles. The number of rotatable bonds is 2. The minimum atomic E-state index is -3.40. The second kappa shape index (κ2) is 3.56. The monoisotopic (exact) mass is 180 g/mol. The first-order chi connectivity index (χ1) is 4.89. The Morgan fingerprint density at radius 3 is 2.27 bits per heavy atom.